The van der Waals surface area contributed by atoms with Gasteiger partial charge in [-0.1, -0.05) is 96.8 Å². The number of rotatable bonds is 5. The van der Waals surface area contributed by atoms with Gasteiger partial charge in [-0.25, -0.2) is 0 Å². The molecule has 1 N–H and O–H groups in total. The highest BCUT2D eigenvalue weighted by Crippen LogP contribution is 2.34. The van der Waals surface area contributed by atoms with Gasteiger partial charge < -0.3 is 5.11 Å². The fourth-order valence-electron chi connectivity index (χ4n) is 3.06. The molecule has 0 spiro atoms. The average Bonchev–Trinajstić information content (AvgIpc) is 2.72. The van der Waals surface area contributed by atoms with Crippen LogP contribution in [0.2, 0.25) is 0 Å². The Kier molecular flexibility index (Phi) is 6.08. The molecule has 136 valence electrons. The highest BCUT2D eigenvalue weighted by molar-refractivity contribution is 5.64. The summed E-state index contributed by atoms with van der Waals surface area (Å²) in [5, 5.41) is 11.6. The second kappa shape index (κ2) is 8.68. The Balaban J connectivity index is 1.94. The van der Waals surface area contributed by atoms with Crippen LogP contribution in [-0.2, 0) is 5.60 Å². The molecule has 1 atom stereocenters. The maximum atomic E-state index is 11.6. The van der Waals surface area contributed by atoms with Crippen molar-refractivity contribution in [1.29, 1.82) is 0 Å². The van der Waals surface area contributed by atoms with Crippen molar-refractivity contribution in [2.75, 3.05) is 20.6 Å². The van der Waals surface area contributed by atoms with Gasteiger partial charge in [0.1, 0.15) is 5.60 Å². The second-order valence-corrected chi connectivity index (χ2v) is 6.94. The van der Waals surface area contributed by atoms with E-state index in [0.717, 1.165) is 22.3 Å². The van der Waals surface area contributed by atoms with E-state index in [2.05, 4.69) is 36.1 Å². The topological polar surface area (TPSA) is 23.5 Å². The highest BCUT2D eigenvalue weighted by Gasteiger charge is 2.30. The Bertz CT molecular complexity index is 905. The van der Waals surface area contributed by atoms with Crippen molar-refractivity contribution in [2.24, 2.45) is 0 Å². The van der Waals surface area contributed by atoms with Gasteiger partial charge in [-0.15, -0.1) is 0 Å². The van der Waals surface area contributed by atoms with E-state index >= 15 is 0 Å². The van der Waals surface area contributed by atoms with Crippen LogP contribution in [0.4, 0.5) is 0 Å². The van der Waals surface area contributed by atoms with E-state index < -0.39 is 5.60 Å². The van der Waals surface area contributed by atoms with Gasteiger partial charge in [-0.05, 0) is 36.3 Å². The largest absolute Gasteiger partial charge is 0.379 e. The van der Waals surface area contributed by atoms with Gasteiger partial charge in [-0.2, -0.15) is 0 Å². The number of nitrogens with zero attached hydrogens (tertiary/aromatic N) is 1. The molecule has 0 aliphatic carbocycles. The lowest BCUT2D eigenvalue weighted by Crippen LogP contribution is -2.26. The molecule has 0 fully saturated rings. The predicted octanol–water partition coefficient (Wildman–Crippen LogP) is 4.54. The van der Waals surface area contributed by atoms with Gasteiger partial charge in [0.05, 0.1) is 6.54 Å². The normalized spacial score (nSPS) is 12.9. The minimum absolute atomic E-state index is 0.357. The third kappa shape index (κ3) is 4.65. The summed E-state index contributed by atoms with van der Waals surface area (Å²) in [4.78, 5) is 2.02. The maximum Gasteiger partial charge on any atom is 0.125 e. The number of hydrogen-bond donors (Lipinski definition) is 1. The number of hydrogen-bond acceptors (Lipinski definition) is 2. The van der Waals surface area contributed by atoms with Crippen molar-refractivity contribution in [3.05, 3.63) is 96.1 Å². The Morgan fingerprint density at radius 2 is 1.22 bits per heavy atom. The number of benzene rings is 3. The van der Waals surface area contributed by atoms with Gasteiger partial charge in [0.2, 0.25) is 0 Å². The molecule has 0 saturated carbocycles. The van der Waals surface area contributed by atoms with E-state index in [0.29, 0.717) is 13.0 Å². The first-order valence-electron chi connectivity index (χ1n) is 9.14. The van der Waals surface area contributed by atoms with Gasteiger partial charge >= 0.3 is 0 Å². The van der Waals surface area contributed by atoms with Crippen LogP contribution in [0.25, 0.3) is 11.1 Å². The third-order valence-corrected chi connectivity index (χ3v) is 4.59. The van der Waals surface area contributed by atoms with Gasteiger partial charge in [0, 0.05) is 6.42 Å². The molecular formula is C25H25NO. The van der Waals surface area contributed by atoms with Crippen LogP contribution in [0.5, 0.6) is 0 Å². The molecule has 27 heavy (non-hydrogen) atoms. The van der Waals surface area contributed by atoms with Crippen LogP contribution in [0.3, 0.4) is 0 Å². The fraction of sp³-hybridized carbons (Fsp3) is 0.200. The fourth-order valence-corrected chi connectivity index (χ4v) is 3.06. The molecule has 0 amide bonds. The minimum Gasteiger partial charge on any atom is -0.379 e. The van der Waals surface area contributed by atoms with Crippen LogP contribution in [0.1, 0.15) is 17.5 Å². The summed E-state index contributed by atoms with van der Waals surface area (Å²) in [6, 6.07) is 28.2. The molecule has 0 aromatic heterocycles. The van der Waals surface area contributed by atoms with Gasteiger partial charge in [0.15, 0.2) is 0 Å². The van der Waals surface area contributed by atoms with Gasteiger partial charge in [0.25, 0.3) is 0 Å². The van der Waals surface area contributed by atoms with Crippen molar-refractivity contribution in [1.82, 2.24) is 4.90 Å². The first-order chi connectivity index (χ1) is 13.1. The molecule has 3 rings (SSSR count). The van der Waals surface area contributed by atoms with E-state index in [1.807, 2.05) is 79.7 Å². The molecule has 0 aliphatic heterocycles. The lowest BCUT2D eigenvalue weighted by Gasteiger charge is -2.27. The summed E-state index contributed by atoms with van der Waals surface area (Å²) in [7, 11) is 3.97. The smallest absolute Gasteiger partial charge is 0.125 e. The van der Waals surface area contributed by atoms with Crippen molar-refractivity contribution < 1.29 is 5.11 Å². The Morgan fingerprint density at radius 1 is 0.704 bits per heavy atom. The van der Waals surface area contributed by atoms with Crippen LogP contribution >= 0.6 is 0 Å². The van der Waals surface area contributed by atoms with Crippen LogP contribution in [-0.4, -0.2) is 30.6 Å². The molecule has 0 radical (unpaired) electrons. The van der Waals surface area contributed by atoms with E-state index in [4.69, 9.17) is 0 Å². The summed E-state index contributed by atoms with van der Waals surface area (Å²) in [6.07, 6.45) is 0.357. The Hall–Kier alpha value is -2.86. The second-order valence-electron chi connectivity index (χ2n) is 6.94. The van der Waals surface area contributed by atoms with E-state index in [-0.39, 0.29) is 0 Å². The van der Waals surface area contributed by atoms with Crippen LogP contribution in [0.15, 0.2) is 84.9 Å². The van der Waals surface area contributed by atoms with E-state index in [1.165, 1.54) is 0 Å². The molecule has 2 heteroatoms. The quantitative estimate of drug-likeness (QED) is 0.679. The molecule has 0 saturated heterocycles. The molecule has 0 aliphatic rings. The molecule has 3 aromatic carbocycles. The zero-order valence-electron chi connectivity index (χ0n) is 15.9. The zero-order chi connectivity index (χ0) is 19.1. The van der Waals surface area contributed by atoms with E-state index in [9.17, 15) is 5.11 Å². The van der Waals surface area contributed by atoms with Crippen molar-refractivity contribution >= 4 is 0 Å². The molecule has 0 heterocycles. The average molecular weight is 355 g/mol. The molecule has 3 aromatic rings. The minimum atomic E-state index is -1.13. The monoisotopic (exact) mass is 355 g/mol. The first kappa shape index (κ1) is 18.9. The lowest BCUT2D eigenvalue weighted by atomic mass is 9.83. The zero-order valence-corrected chi connectivity index (χ0v) is 15.9. The maximum absolute atomic E-state index is 11.6. The summed E-state index contributed by atoms with van der Waals surface area (Å²) in [5.74, 6) is 6.29. The van der Waals surface area contributed by atoms with Gasteiger partial charge in [-0.3, -0.25) is 4.90 Å². The molecule has 2 nitrogen and oxygen atoms in total. The van der Waals surface area contributed by atoms with E-state index in [1.54, 1.807) is 0 Å². The van der Waals surface area contributed by atoms with Crippen LogP contribution < -0.4 is 0 Å². The predicted molar refractivity (Wildman–Crippen MR) is 112 cm³/mol. The highest BCUT2D eigenvalue weighted by atomic mass is 16.3. The lowest BCUT2D eigenvalue weighted by molar-refractivity contribution is 0.0865. The Morgan fingerprint density at radius 3 is 1.81 bits per heavy atom. The third-order valence-electron chi connectivity index (χ3n) is 4.59. The number of aliphatic hydroxyl groups is 1. The van der Waals surface area contributed by atoms with Crippen molar-refractivity contribution in [3.63, 3.8) is 0 Å². The molecule has 0 unspecified atom stereocenters. The molecular weight excluding hydrogens is 330 g/mol. The summed E-state index contributed by atoms with van der Waals surface area (Å²) >= 11 is 0. The van der Waals surface area contributed by atoms with Crippen molar-refractivity contribution in [3.8, 4) is 23.0 Å². The summed E-state index contributed by atoms with van der Waals surface area (Å²) in [6.45, 7) is 0.678. The SMILES string of the molecule is CN(C)CC#CC[C@](O)(c1ccccc1)c1ccc(-c2ccccc2)cc1. The van der Waals surface area contributed by atoms with Crippen molar-refractivity contribution in [2.45, 2.75) is 12.0 Å². The Labute approximate surface area is 162 Å². The molecule has 0 bridgehead atoms. The summed E-state index contributed by atoms with van der Waals surface area (Å²) in [5.41, 5.74) is 2.88. The standard InChI is InChI=1S/C25H25NO/c1-26(2)20-10-9-19-25(27,23-13-7-4-8-14-23)24-17-15-22(16-18-24)21-11-5-3-6-12-21/h3-8,11-18,27H,19-20H2,1-2H3/t25-/m0/s1. The summed E-state index contributed by atoms with van der Waals surface area (Å²) < 4.78 is 0. The van der Waals surface area contributed by atoms with Crippen LogP contribution in [0, 0.1) is 11.8 Å². The first-order valence-corrected chi connectivity index (χ1v) is 9.14.